The van der Waals surface area contributed by atoms with Crippen LogP contribution in [0.2, 0.25) is 0 Å². The fourth-order valence-electron chi connectivity index (χ4n) is 0.785. The first kappa shape index (κ1) is 10.9. The molecule has 0 spiro atoms. The first-order valence-electron chi connectivity index (χ1n) is 3.63. The van der Waals surface area contributed by atoms with Crippen molar-refractivity contribution in [1.29, 1.82) is 5.26 Å². The summed E-state index contributed by atoms with van der Waals surface area (Å²) in [6.07, 6.45) is 4.39. The van der Waals surface area contributed by atoms with Gasteiger partial charge in [-0.05, 0) is 12.8 Å². The monoisotopic (exact) mass is 194 g/mol. The van der Waals surface area contributed by atoms with Gasteiger partial charge in [0.1, 0.15) is 5.50 Å². The van der Waals surface area contributed by atoms with E-state index >= 15 is 0 Å². The summed E-state index contributed by atoms with van der Waals surface area (Å²) in [7, 11) is 0. The summed E-state index contributed by atoms with van der Waals surface area (Å²) in [4.78, 5) is 0. The van der Waals surface area contributed by atoms with E-state index < -0.39 is 0 Å². The quantitative estimate of drug-likeness (QED) is 0.316. The van der Waals surface area contributed by atoms with Gasteiger partial charge in [-0.25, -0.2) is 0 Å². The number of rotatable bonds is 5. The van der Waals surface area contributed by atoms with Crippen molar-refractivity contribution in [1.82, 2.24) is 5.32 Å². The molecule has 0 bridgehead atoms. The highest BCUT2D eigenvalue weighted by Gasteiger charge is 2.09. The van der Waals surface area contributed by atoms with Crippen molar-refractivity contribution in [2.45, 2.75) is 37.1 Å². The lowest BCUT2D eigenvalue weighted by Gasteiger charge is -2.10. The standard InChI is InChI=1S/C7H12Cl2N2/c1-2-3-6(8)4-7(9)11-5-10/h6-7,11H,2-4H2,1H3. The summed E-state index contributed by atoms with van der Waals surface area (Å²) in [5.41, 5.74) is -0.325. The van der Waals surface area contributed by atoms with E-state index in [2.05, 4.69) is 12.2 Å². The van der Waals surface area contributed by atoms with Crippen LogP contribution < -0.4 is 5.32 Å². The lowest BCUT2D eigenvalue weighted by Crippen LogP contribution is -2.21. The Morgan fingerprint density at radius 3 is 2.64 bits per heavy atom. The third-order valence-corrected chi connectivity index (χ3v) is 1.97. The predicted octanol–water partition coefficient (Wildman–Crippen LogP) is 2.42. The maximum Gasteiger partial charge on any atom is 0.177 e. The smallest absolute Gasteiger partial charge is 0.177 e. The number of halogens is 2. The number of nitriles is 1. The highest BCUT2D eigenvalue weighted by atomic mass is 35.5. The van der Waals surface area contributed by atoms with Gasteiger partial charge in [-0.3, -0.25) is 0 Å². The van der Waals surface area contributed by atoms with Crippen LogP contribution in [0.5, 0.6) is 0 Å². The van der Waals surface area contributed by atoms with Crippen molar-refractivity contribution in [2.75, 3.05) is 0 Å². The summed E-state index contributed by atoms with van der Waals surface area (Å²) in [5, 5.41) is 10.7. The Kier molecular flexibility index (Phi) is 6.49. The van der Waals surface area contributed by atoms with E-state index in [-0.39, 0.29) is 10.9 Å². The van der Waals surface area contributed by atoms with Crippen molar-refractivity contribution in [3.8, 4) is 6.19 Å². The molecule has 0 aliphatic carbocycles. The minimum atomic E-state index is -0.325. The Morgan fingerprint density at radius 2 is 2.18 bits per heavy atom. The summed E-state index contributed by atoms with van der Waals surface area (Å²) < 4.78 is 0. The second-order valence-electron chi connectivity index (χ2n) is 2.35. The summed E-state index contributed by atoms with van der Waals surface area (Å²) in [6, 6.07) is 0. The third kappa shape index (κ3) is 6.28. The van der Waals surface area contributed by atoms with Crippen molar-refractivity contribution < 1.29 is 0 Å². The molecule has 0 rings (SSSR count). The predicted molar refractivity (Wildman–Crippen MR) is 47.6 cm³/mol. The average molecular weight is 195 g/mol. The van der Waals surface area contributed by atoms with Gasteiger partial charge in [-0.15, -0.1) is 11.6 Å². The molecule has 0 heterocycles. The molecule has 2 unspecified atom stereocenters. The molecule has 2 nitrogen and oxygen atoms in total. The molecule has 0 saturated carbocycles. The Hall–Kier alpha value is -0.130. The van der Waals surface area contributed by atoms with E-state index in [1.165, 1.54) is 0 Å². The maximum atomic E-state index is 8.19. The van der Waals surface area contributed by atoms with Crippen molar-refractivity contribution in [3.05, 3.63) is 0 Å². The Morgan fingerprint density at radius 1 is 1.55 bits per heavy atom. The van der Waals surface area contributed by atoms with E-state index in [0.717, 1.165) is 12.8 Å². The Bertz CT molecular complexity index is 133. The number of nitrogens with one attached hydrogen (secondary N) is 1. The fourth-order valence-corrected chi connectivity index (χ4v) is 1.54. The van der Waals surface area contributed by atoms with Gasteiger partial charge in [0.05, 0.1) is 0 Å². The molecule has 1 N–H and O–H groups in total. The molecular formula is C7H12Cl2N2. The lowest BCUT2D eigenvalue weighted by molar-refractivity contribution is 0.624. The minimum absolute atomic E-state index is 0.0725. The SMILES string of the molecule is CCCC(Cl)CC(Cl)NC#N. The molecule has 4 heteroatoms. The molecule has 0 amide bonds. The summed E-state index contributed by atoms with van der Waals surface area (Å²) in [6.45, 7) is 2.07. The van der Waals surface area contributed by atoms with Gasteiger partial charge in [0, 0.05) is 5.38 Å². The third-order valence-electron chi connectivity index (χ3n) is 1.29. The second kappa shape index (κ2) is 6.57. The van der Waals surface area contributed by atoms with Crippen LogP contribution in [-0.4, -0.2) is 10.9 Å². The van der Waals surface area contributed by atoms with E-state index in [1.807, 2.05) is 0 Å². The lowest BCUT2D eigenvalue weighted by atomic mass is 10.2. The average Bonchev–Trinajstić information content (AvgIpc) is 1.87. The molecule has 11 heavy (non-hydrogen) atoms. The Balaban J connectivity index is 3.41. The molecule has 0 aromatic rings. The molecule has 0 aliphatic heterocycles. The van der Waals surface area contributed by atoms with E-state index in [1.54, 1.807) is 6.19 Å². The van der Waals surface area contributed by atoms with Gasteiger partial charge in [-0.1, -0.05) is 24.9 Å². The molecule has 0 saturated heterocycles. The van der Waals surface area contributed by atoms with Crippen LogP contribution in [-0.2, 0) is 0 Å². The highest BCUT2D eigenvalue weighted by Crippen LogP contribution is 2.13. The number of hydrogen-bond acceptors (Lipinski definition) is 2. The zero-order valence-corrected chi connectivity index (χ0v) is 7.99. The summed E-state index contributed by atoms with van der Waals surface area (Å²) >= 11 is 11.6. The maximum absolute atomic E-state index is 8.19. The van der Waals surface area contributed by atoms with Gasteiger partial charge in [-0.2, -0.15) is 5.26 Å². The molecule has 2 atom stereocenters. The minimum Gasteiger partial charge on any atom is -0.307 e. The van der Waals surface area contributed by atoms with Crippen molar-refractivity contribution in [3.63, 3.8) is 0 Å². The first-order valence-corrected chi connectivity index (χ1v) is 4.50. The number of nitrogens with zero attached hydrogens (tertiary/aromatic N) is 1. The molecule has 64 valence electrons. The van der Waals surface area contributed by atoms with Crippen LogP contribution in [0.25, 0.3) is 0 Å². The Labute approximate surface area is 77.5 Å². The fraction of sp³-hybridized carbons (Fsp3) is 0.857. The van der Waals surface area contributed by atoms with Crippen LogP contribution in [0.15, 0.2) is 0 Å². The van der Waals surface area contributed by atoms with Gasteiger partial charge in [0.15, 0.2) is 6.19 Å². The molecule has 0 aliphatic rings. The van der Waals surface area contributed by atoms with E-state index in [0.29, 0.717) is 6.42 Å². The summed E-state index contributed by atoms with van der Waals surface area (Å²) in [5.74, 6) is 0. The normalized spacial score (nSPS) is 15.1. The topological polar surface area (TPSA) is 35.8 Å². The number of hydrogen-bond donors (Lipinski definition) is 1. The van der Waals surface area contributed by atoms with Gasteiger partial charge >= 0.3 is 0 Å². The largest absolute Gasteiger partial charge is 0.307 e. The van der Waals surface area contributed by atoms with E-state index in [4.69, 9.17) is 28.5 Å². The van der Waals surface area contributed by atoms with Crippen LogP contribution in [0.4, 0.5) is 0 Å². The molecule has 0 fully saturated rings. The highest BCUT2D eigenvalue weighted by molar-refractivity contribution is 6.23. The molecular weight excluding hydrogens is 183 g/mol. The van der Waals surface area contributed by atoms with Gasteiger partial charge in [0.2, 0.25) is 0 Å². The molecule has 0 radical (unpaired) electrons. The molecule has 0 aromatic carbocycles. The van der Waals surface area contributed by atoms with Crippen LogP contribution in [0.1, 0.15) is 26.2 Å². The van der Waals surface area contributed by atoms with E-state index in [9.17, 15) is 0 Å². The zero-order valence-electron chi connectivity index (χ0n) is 6.48. The van der Waals surface area contributed by atoms with Crippen LogP contribution >= 0.6 is 23.2 Å². The van der Waals surface area contributed by atoms with Crippen molar-refractivity contribution >= 4 is 23.2 Å². The second-order valence-corrected chi connectivity index (χ2v) is 3.49. The van der Waals surface area contributed by atoms with Gasteiger partial charge < -0.3 is 5.32 Å². The van der Waals surface area contributed by atoms with Gasteiger partial charge in [0.25, 0.3) is 0 Å². The first-order chi connectivity index (χ1) is 5.20. The molecule has 0 aromatic heterocycles. The van der Waals surface area contributed by atoms with Crippen LogP contribution in [0, 0.1) is 11.5 Å². The van der Waals surface area contributed by atoms with Crippen LogP contribution in [0.3, 0.4) is 0 Å². The number of alkyl halides is 2. The zero-order chi connectivity index (χ0) is 8.69. The van der Waals surface area contributed by atoms with Crippen molar-refractivity contribution in [2.24, 2.45) is 0 Å².